The van der Waals surface area contributed by atoms with Crippen LogP contribution in [0.5, 0.6) is 0 Å². The third-order valence-electron chi connectivity index (χ3n) is 8.20. The van der Waals surface area contributed by atoms with Crippen molar-refractivity contribution in [1.29, 1.82) is 0 Å². The van der Waals surface area contributed by atoms with Crippen molar-refractivity contribution >= 4 is 0 Å². The van der Waals surface area contributed by atoms with Crippen LogP contribution in [-0.2, 0) is 33.2 Å². The highest BCUT2D eigenvalue weighted by Gasteiger charge is 2.55. The maximum absolute atomic E-state index is 11.0. The summed E-state index contributed by atoms with van der Waals surface area (Å²) in [5.74, 6) is 0. The van der Waals surface area contributed by atoms with Gasteiger partial charge in [0.2, 0.25) is 0 Å². The van der Waals surface area contributed by atoms with Crippen LogP contribution in [-0.4, -0.2) is 221 Å². The second-order valence-electron chi connectivity index (χ2n) is 11.1. The van der Waals surface area contributed by atoms with E-state index in [0.717, 1.165) is 0 Å². The fourth-order valence-electron chi connectivity index (χ4n) is 5.54. The second kappa shape index (κ2) is 15.6. The first-order chi connectivity index (χ1) is 21.3. The van der Waals surface area contributed by atoms with Gasteiger partial charge in [0.25, 0.3) is 0 Å². The number of ether oxygens (including phenoxy) is 7. The van der Waals surface area contributed by atoms with E-state index in [-0.39, 0.29) is 0 Å². The van der Waals surface area contributed by atoms with Crippen LogP contribution in [0.1, 0.15) is 0 Å². The molecule has 0 saturated carbocycles. The van der Waals surface area contributed by atoms with E-state index in [0.29, 0.717) is 0 Å². The molecule has 45 heavy (non-hydrogen) atoms. The molecule has 0 aromatic heterocycles. The number of aliphatic hydroxyl groups is 14. The van der Waals surface area contributed by atoms with Crippen LogP contribution < -0.4 is 0 Å². The number of hydrogen-bond donors (Lipinski definition) is 14. The first-order valence-electron chi connectivity index (χ1n) is 14.1. The van der Waals surface area contributed by atoms with Gasteiger partial charge in [-0.05, 0) is 0 Å². The fourth-order valence-corrected chi connectivity index (χ4v) is 5.54. The van der Waals surface area contributed by atoms with Gasteiger partial charge >= 0.3 is 0 Å². The summed E-state index contributed by atoms with van der Waals surface area (Å²) in [7, 11) is 0. The second-order valence-corrected chi connectivity index (χ2v) is 11.1. The predicted octanol–water partition coefficient (Wildman–Crippen LogP) is -9.75. The average molecular weight is 667 g/mol. The van der Waals surface area contributed by atoms with Gasteiger partial charge in [-0.3, -0.25) is 0 Å². The fraction of sp³-hybridized carbons (Fsp3) is 1.00. The molecular weight excluding hydrogens is 624 g/mol. The first kappa shape index (κ1) is 37.0. The Morgan fingerprint density at radius 1 is 0.333 bits per heavy atom. The molecule has 0 spiro atoms. The maximum atomic E-state index is 11.0. The first-order valence-corrected chi connectivity index (χ1v) is 14.1. The quantitative estimate of drug-likeness (QED) is 0.103. The number of hydrogen-bond acceptors (Lipinski definition) is 21. The molecule has 0 aromatic carbocycles. The number of aliphatic hydroxyl groups excluding tert-OH is 14. The SMILES string of the molecule is OC[C@H]1O[C@H](O[C@H]2[C@@H](O)[C@@H](CO)O[C@H](O[C@@H]3[C@H](O)[C@@H](O)[C@H](O[C@H]4[C@H](O)[C@@H](O)C(O)O[C@@H]4CO)O[C@@H]3CO)[C@@H]2O)[C@H](O)[C@@H](O)[C@H]1O. The molecule has 4 heterocycles. The Morgan fingerprint density at radius 3 is 1.22 bits per heavy atom. The van der Waals surface area contributed by atoms with Crippen molar-refractivity contribution in [2.75, 3.05) is 26.4 Å². The van der Waals surface area contributed by atoms with Crippen LogP contribution in [0.2, 0.25) is 0 Å². The lowest BCUT2D eigenvalue weighted by molar-refractivity contribution is -0.388. The molecule has 4 rings (SSSR count). The molecule has 4 aliphatic heterocycles. The summed E-state index contributed by atoms with van der Waals surface area (Å²) in [4.78, 5) is 0. The van der Waals surface area contributed by atoms with Crippen molar-refractivity contribution in [3.63, 3.8) is 0 Å². The summed E-state index contributed by atoms with van der Waals surface area (Å²) in [5, 5.41) is 142. The summed E-state index contributed by atoms with van der Waals surface area (Å²) >= 11 is 0. The van der Waals surface area contributed by atoms with Gasteiger partial charge in [-0.15, -0.1) is 0 Å². The molecule has 20 atom stereocenters. The zero-order valence-electron chi connectivity index (χ0n) is 23.5. The van der Waals surface area contributed by atoms with Crippen molar-refractivity contribution in [3.8, 4) is 0 Å². The van der Waals surface area contributed by atoms with Crippen molar-refractivity contribution in [3.05, 3.63) is 0 Å². The highest BCUT2D eigenvalue weighted by atomic mass is 16.8. The van der Waals surface area contributed by atoms with E-state index in [1.807, 2.05) is 0 Å². The van der Waals surface area contributed by atoms with Crippen molar-refractivity contribution in [2.24, 2.45) is 0 Å². The van der Waals surface area contributed by atoms with Gasteiger partial charge in [0.15, 0.2) is 25.2 Å². The van der Waals surface area contributed by atoms with Gasteiger partial charge in [-0.1, -0.05) is 0 Å². The molecule has 21 heteroatoms. The van der Waals surface area contributed by atoms with Crippen LogP contribution in [0.4, 0.5) is 0 Å². The Labute approximate surface area is 254 Å². The Morgan fingerprint density at radius 2 is 0.711 bits per heavy atom. The zero-order chi connectivity index (χ0) is 33.3. The van der Waals surface area contributed by atoms with Gasteiger partial charge in [-0.2, -0.15) is 0 Å². The van der Waals surface area contributed by atoms with Crippen LogP contribution in [0.15, 0.2) is 0 Å². The molecule has 0 amide bonds. The number of rotatable bonds is 10. The van der Waals surface area contributed by atoms with Gasteiger partial charge in [0.05, 0.1) is 26.4 Å². The predicted molar refractivity (Wildman–Crippen MR) is 134 cm³/mol. The van der Waals surface area contributed by atoms with Crippen molar-refractivity contribution in [2.45, 2.75) is 123 Å². The monoisotopic (exact) mass is 666 g/mol. The Balaban J connectivity index is 1.48. The summed E-state index contributed by atoms with van der Waals surface area (Å²) in [5.41, 5.74) is 0. The minimum atomic E-state index is -2.02. The minimum Gasteiger partial charge on any atom is -0.394 e. The molecule has 0 bridgehead atoms. The van der Waals surface area contributed by atoms with E-state index < -0.39 is 149 Å². The lowest BCUT2D eigenvalue weighted by Gasteiger charge is -2.49. The van der Waals surface area contributed by atoms with Crippen LogP contribution in [0.3, 0.4) is 0 Å². The lowest BCUT2D eigenvalue weighted by Crippen LogP contribution is -2.67. The van der Waals surface area contributed by atoms with Crippen LogP contribution >= 0.6 is 0 Å². The lowest BCUT2D eigenvalue weighted by atomic mass is 9.95. The molecule has 0 aliphatic carbocycles. The summed E-state index contributed by atoms with van der Waals surface area (Å²) in [6.45, 7) is -3.41. The van der Waals surface area contributed by atoms with Gasteiger partial charge in [0.1, 0.15) is 97.7 Å². The highest BCUT2D eigenvalue weighted by molar-refractivity contribution is 4.97. The molecule has 4 saturated heterocycles. The smallest absolute Gasteiger partial charge is 0.187 e. The van der Waals surface area contributed by atoms with Gasteiger partial charge < -0.3 is 105 Å². The standard InChI is InChI=1S/C24H42O21/c25-1-5-9(29)11(31)15(35)22(40-5)45-20-10(30)6(2-26)41-24(17(20)37)44-19-8(4-28)42-23(16(36)13(19)33)43-18-7(3-27)39-21(38)14(34)12(18)32/h5-38H,1-4H2/t5-,6-,7-,8-,9+,10+,11+,12-,13-,14-,15-,16-,17-,18-,19+,20+,21?,22-,23+,24-/m1/s1. The normalized spacial score (nSPS) is 52.9. The zero-order valence-corrected chi connectivity index (χ0v) is 23.5. The molecule has 4 fully saturated rings. The molecule has 1 unspecified atom stereocenters. The van der Waals surface area contributed by atoms with Gasteiger partial charge in [-0.25, -0.2) is 0 Å². The maximum Gasteiger partial charge on any atom is 0.187 e. The largest absolute Gasteiger partial charge is 0.394 e. The van der Waals surface area contributed by atoms with E-state index in [1.54, 1.807) is 0 Å². The van der Waals surface area contributed by atoms with Gasteiger partial charge in [0, 0.05) is 0 Å². The summed E-state index contributed by atoms with van der Waals surface area (Å²) < 4.78 is 37.7. The Kier molecular flexibility index (Phi) is 12.8. The Hall–Kier alpha value is -0.840. The molecule has 0 radical (unpaired) electrons. The molecule has 264 valence electrons. The van der Waals surface area contributed by atoms with E-state index in [4.69, 9.17) is 33.2 Å². The van der Waals surface area contributed by atoms with Crippen LogP contribution in [0.25, 0.3) is 0 Å². The van der Waals surface area contributed by atoms with Crippen LogP contribution in [0, 0.1) is 0 Å². The van der Waals surface area contributed by atoms with E-state index in [9.17, 15) is 71.5 Å². The third-order valence-corrected chi connectivity index (χ3v) is 8.20. The molecule has 0 aromatic rings. The molecule has 21 nitrogen and oxygen atoms in total. The van der Waals surface area contributed by atoms with Crippen molar-refractivity contribution < 1.29 is 105 Å². The third kappa shape index (κ3) is 7.44. The highest BCUT2D eigenvalue weighted by Crippen LogP contribution is 2.34. The molecular formula is C24H42O21. The van der Waals surface area contributed by atoms with E-state index in [1.165, 1.54) is 0 Å². The minimum absolute atomic E-state index is 0.806. The molecule has 4 aliphatic rings. The van der Waals surface area contributed by atoms with Crippen molar-refractivity contribution in [1.82, 2.24) is 0 Å². The average Bonchev–Trinajstić information content (AvgIpc) is 3.03. The summed E-state index contributed by atoms with van der Waals surface area (Å²) in [6, 6.07) is 0. The Bertz CT molecular complexity index is 912. The van der Waals surface area contributed by atoms with E-state index >= 15 is 0 Å². The van der Waals surface area contributed by atoms with E-state index in [2.05, 4.69) is 0 Å². The molecule has 14 N–H and O–H groups in total. The summed E-state index contributed by atoms with van der Waals surface area (Å²) in [6.07, 6.45) is -35.6. The topological polar surface area (TPSA) is 348 Å².